The molecular formula is C9H10ClFO2. The number of carbonyl (C=O) groups excluding carboxylic acids is 1. The van der Waals surface area contributed by atoms with Gasteiger partial charge in [0.25, 0.3) is 0 Å². The van der Waals surface area contributed by atoms with Crippen LogP contribution in [0.2, 0.25) is 5.02 Å². The van der Waals surface area contributed by atoms with E-state index in [1.165, 1.54) is 38.3 Å². The predicted octanol–water partition coefficient (Wildman–Crippen LogP) is 2.66. The molecule has 0 N–H and O–H groups in total. The lowest BCUT2D eigenvalue weighted by Crippen LogP contribution is -1.88. The van der Waals surface area contributed by atoms with Crippen LogP contribution in [0.1, 0.15) is 6.92 Å². The van der Waals surface area contributed by atoms with Crippen molar-refractivity contribution in [2.45, 2.75) is 6.92 Å². The lowest BCUT2D eigenvalue weighted by Gasteiger charge is -1.84. The van der Waals surface area contributed by atoms with E-state index >= 15 is 0 Å². The summed E-state index contributed by atoms with van der Waals surface area (Å²) in [5.74, 6) is -0.501. The van der Waals surface area contributed by atoms with E-state index in [9.17, 15) is 9.18 Å². The number of hydrogen-bond acceptors (Lipinski definition) is 2. The summed E-state index contributed by atoms with van der Waals surface area (Å²) in [6.07, 6.45) is 0. The van der Waals surface area contributed by atoms with E-state index in [0.717, 1.165) is 0 Å². The van der Waals surface area contributed by atoms with E-state index in [4.69, 9.17) is 11.6 Å². The van der Waals surface area contributed by atoms with Gasteiger partial charge in [-0.05, 0) is 24.3 Å². The Balaban J connectivity index is 0.000000252. The molecule has 0 amide bonds. The summed E-state index contributed by atoms with van der Waals surface area (Å²) in [7, 11) is 1.35. The maximum absolute atomic E-state index is 12.0. The number of benzene rings is 1. The van der Waals surface area contributed by atoms with Crippen molar-refractivity contribution in [1.29, 1.82) is 0 Å². The summed E-state index contributed by atoms with van der Waals surface area (Å²) in [6, 6.07) is 5.67. The third-order valence-corrected chi connectivity index (χ3v) is 1.34. The van der Waals surface area contributed by atoms with Crippen molar-refractivity contribution in [3.63, 3.8) is 0 Å². The van der Waals surface area contributed by atoms with Crippen LogP contribution in [-0.2, 0) is 9.53 Å². The van der Waals surface area contributed by atoms with Crippen molar-refractivity contribution in [2.75, 3.05) is 7.11 Å². The average molecular weight is 205 g/mol. The molecule has 72 valence electrons. The molecule has 1 rings (SSSR count). The fourth-order valence-electron chi connectivity index (χ4n) is 0.430. The fraction of sp³-hybridized carbons (Fsp3) is 0.222. The van der Waals surface area contributed by atoms with E-state index in [-0.39, 0.29) is 11.8 Å². The van der Waals surface area contributed by atoms with Gasteiger partial charge in [0.05, 0.1) is 7.11 Å². The maximum atomic E-state index is 12.0. The third kappa shape index (κ3) is 7.28. The van der Waals surface area contributed by atoms with Crippen molar-refractivity contribution in [3.8, 4) is 0 Å². The number of esters is 1. The SMILES string of the molecule is COC(C)=O.Fc1ccc(Cl)cc1. The second-order valence-electron chi connectivity index (χ2n) is 2.13. The van der Waals surface area contributed by atoms with Crippen LogP contribution in [0, 0.1) is 5.82 Å². The van der Waals surface area contributed by atoms with Gasteiger partial charge in [-0.25, -0.2) is 4.39 Å². The second kappa shape index (κ2) is 6.43. The Hall–Kier alpha value is -1.09. The molecule has 1 aromatic carbocycles. The van der Waals surface area contributed by atoms with Crippen LogP contribution in [0.5, 0.6) is 0 Å². The molecule has 0 aliphatic carbocycles. The van der Waals surface area contributed by atoms with Crippen molar-refractivity contribution in [3.05, 3.63) is 35.1 Å². The summed E-state index contributed by atoms with van der Waals surface area (Å²) >= 11 is 5.44. The lowest BCUT2D eigenvalue weighted by atomic mass is 10.4. The number of halogens is 2. The first-order valence-electron chi connectivity index (χ1n) is 3.52. The number of carbonyl (C=O) groups is 1. The van der Waals surface area contributed by atoms with Gasteiger partial charge in [-0.15, -0.1) is 0 Å². The highest BCUT2D eigenvalue weighted by Gasteiger charge is 1.85. The average Bonchev–Trinajstić information content (AvgIpc) is 2.11. The monoisotopic (exact) mass is 204 g/mol. The molecule has 4 heteroatoms. The van der Waals surface area contributed by atoms with E-state index in [2.05, 4.69) is 4.74 Å². The van der Waals surface area contributed by atoms with Gasteiger partial charge in [-0.1, -0.05) is 11.6 Å². The maximum Gasteiger partial charge on any atom is 0.302 e. The molecule has 0 unspecified atom stereocenters. The fourth-order valence-corrected chi connectivity index (χ4v) is 0.556. The normalized spacial score (nSPS) is 8.31. The van der Waals surface area contributed by atoms with Crippen molar-refractivity contribution >= 4 is 17.6 Å². The first-order chi connectivity index (χ1) is 6.06. The Bertz CT molecular complexity index is 238. The molecule has 0 radical (unpaired) electrons. The van der Waals surface area contributed by atoms with E-state index in [1.54, 1.807) is 0 Å². The van der Waals surface area contributed by atoms with Gasteiger partial charge in [-0.2, -0.15) is 0 Å². The summed E-state index contributed by atoms with van der Waals surface area (Å²) in [5, 5.41) is 0.561. The Kier molecular flexibility index (Phi) is 5.89. The molecule has 13 heavy (non-hydrogen) atoms. The number of hydrogen-bond donors (Lipinski definition) is 0. The minimum absolute atomic E-state index is 0.245. The molecule has 0 aromatic heterocycles. The van der Waals surface area contributed by atoms with Crippen LogP contribution in [0.25, 0.3) is 0 Å². The quantitative estimate of drug-likeness (QED) is 0.608. The van der Waals surface area contributed by atoms with Crippen LogP contribution in [0.3, 0.4) is 0 Å². The Morgan fingerprint density at radius 2 is 1.77 bits per heavy atom. The summed E-state index contributed by atoms with van der Waals surface area (Å²) in [4.78, 5) is 9.59. The molecule has 0 heterocycles. The smallest absolute Gasteiger partial charge is 0.302 e. The van der Waals surface area contributed by atoms with Crippen LogP contribution < -0.4 is 0 Å². The lowest BCUT2D eigenvalue weighted by molar-refractivity contribution is -0.137. The zero-order valence-electron chi connectivity index (χ0n) is 7.38. The number of rotatable bonds is 0. The van der Waals surface area contributed by atoms with E-state index < -0.39 is 0 Å². The summed E-state index contributed by atoms with van der Waals surface area (Å²) < 4.78 is 16.1. The topological polar surface area (TPSA) is 26.3 Å². The standard InChI is InChI=1S/C6H4ClF.C3H6O2/c7-5-1-3-6(8)4-2-5;1-3(4)5-2/h1-4H;1-2H3. The first-order valence-corrected chi connectivity index (χ1v) is 3.89. The van der Waals surface area contributed by atoms with Gasteiger partial charge in [0.15, 0.2) is 0 Å². The summed E-state index contributed by atoms with van der Waals surface area (Å²) in [6.45, 7) is 1.36. The molecule has 2 nitrogen and oxygen atoms in total. The van der Waals surface area contributed by atoms with E-state index in [1.807, 2.05) is 0 Å². The van der Waals surface area contributed by atoms with Crippen molar-refractivity contribution < 1.29 is 13.9 Å². The van der Waals surface area contributed by atoms with Crippen LogP contribution >= 0.6 is 11.6 Å². The Labute approximate surface area is 81.3 Å². The van der Waals surface area contributed by atoms with Crippen LogP contribution in [0.15, 0.2) is 24.3 Å². The van der Waals surface area contributed by atoms with Crippen molar-refractivity contribution in [2.24, 2.45) is 0 Å². The number of methoxy groups -OCH3 is 1. The molecular weight excluding hydrogens is 195 g/mol. The molecule has 0 aliphatic heterocycles. The second-order valence-corrected chi connectivity index (χ2v) is 2.57. The molecule has 0 spiro atoms. The third-order valence-electron chi connectivity index (χ3n) is 1.09. The van der Waals surface area contributed by atoms with Gasteiger partial charge in [0.2, 0.25) is 0 Å². The van der Waals surface area contributed by atoms with Gasteiger partial charge in [-0.3, -0.25) is 4.79 Å². The first kappa shape index (κ1) is 11.9. The zero-order valence-corrected chi connectivity index (χ0v) is 8.14. The Morgan fingerprint density at radius 3 is 2.00 bits per heavy atom. The molecule has 0 bridgehead atoms. The molecule has 0 fully saturated rings. The van der Waals surface area contributed by atoms with Gasteiger partial charge in [0.1, 0.15) is 5.82 Å². The van der Waals surface area contributed by atoms with Crippen molar-refractivity contribution in [1.82, 2.24) is 0 Å². The van der Waals surface area contributed by atoms with Crippen LogP contribution in [0.4, 0.5) is 4.39 Å². The summed E-state index contributed by atoms with van der Waals surface area (Å²) in [5.41, 5.74) is 0. The highest BCUT2D eigenvalue weighted by Crippen LogP contribution is 2.07. The molecule has 1 aromatic rings. The largest absolute Gasteiger partial charge is 0.469 e. The highest BCUT2D eigenvalue weighted by atomic mass is 35.5. The molecule has 0 saturated heterocycles. The molecule has 0 atom stereocenters. The van der Waals surface area contributed by atoms with E-state index in [0.29, 0.717) is 5.02 Å². The van der Waals surface area contributed by atoms with Gasteiger partial charge >= 0.3 is 5.97 Å². The highest BCUT2D eigenvalue weighted by molar-refractivity contribution is 6.30. The zero-order chi connectivity index (χ0) is 10.3. The minimum atomic E-state index is -0.255. The molecule has 0 aliphatic rings. The van der Waals surface area contributed by atoms with Crippen LogP contribution in [-0.4, -0.2) is 13.1 Å². The number of ether oxygens (including phenoxy) is 1. The van der Waals surface area contributed by atoms with Gasteiger partial charge < -0.3 is 4.74 Å². The Morgan fingerprint density at radius 1 is 1.38 bits per heavy atom. The minimum Gasteiger partial charge on any atom is -0.469 e. The molecule has 0 saturated carbocycles. The van der Waals surface area contributed by atoms with Gasteiger partial charge in [0, 0.05) is 11.9 Å². The predicted molar refractivity (Wildman–Crippen MR) is 49.1 cm³/mol.